The minimum atomic E-state index is -1.11. The molecule has 4 nitrogen and oxygen atoms in total. The Morgan fingerprint density at radius 2 is 1.95 bits per heavy atom. The molecule has 1 fully saturated rings. The summed E-state index contributed by atoms with van der Waals surface area (Å²) in [5, 5.41) is 9.12. The van der Waals surface area contributed by atoms with Gasteiger partial charge in [-0.05, 0) is 41.4 Å². The molecule has 108 valence electrons. The van der Waals surface area contributed by atoms with Gasteiger partial charge in [0.2, 0.25) is 0 Å². The highest BCUT2D eigenvalue weighted by molar-refractivity contribution is 9.10. The van der Waals surface area contributed by atoms with Crippen LogP contribution in [-0.2, 0) is 4.79 Å². The number of carbonyl (C=O) groups excluding carboxylic acids is 1. The molecule has 1 saturated heterocycles. The molecule has 1 aliphatic rings. The van der Waals surface area contributed by atoms with E-state index in [0.717, 1.165) is 12.1 Å². The first kappa shape index (κ1) is 14.9. The summed E-state index contributed by atoms with van der Waals surface area (Å²) in [4.78, 5) is 24.7. The van der Waals surface area contributed by atoms with E-state index < -0.39 is 28.9 Å². The van der Waals surface area contributed by atoms with Crippen molar-refractivity contribution in [3.63, 3.8) is 0 Å². The van der Waals surface area contributed by atoms with E-state index in [1.807, 2.05) is 0 Å². The van der Waals surface area contributed by atoms with Gasteiger partial charge in [-0.3, -0.25) is 9.59 Å². The Morgan fingerprint density at radius 3 is 2.50 bits per heavy atom. The standard InChI is InChI=1S/C13H12BrF2NO3/c1-13(12(19)20)2-3-17(6-13)11(18)7-4-9(15)10(16)5-8(7)14/h4-5H,2-3,6H2,1H3,(H,19,20). The number of carboxylic acid groups (broad SMARTS) is 1. The van der Waals surface area contributed by atoms with Crippen molar-refractivity contribution in [3.8, 4) is 0 Å². The van der Waals surface area contributed by atoms with Crippen LogP contribution in [0.1, 0.15) is 23.7 Å². The van der Waals surface area contributed by atoms with E-state index >= 15 is 0 Å². The molecule has 1 heterocycles. The summed E-state index contributed by atoms with van der Waals surface area (Å²) in [6.45, 7) is 1.88. The van der Waals surface area contributed by atoms with Crippen molar-refractivity contribution in [1.82, 2.24) is 4.90 Å². The summed E-state index contributed by atoms with van der Waals surface area (Å²) < 4.78 is 26.4. The Morgan fingerprint density at radius 1 is 1.35 bits per heavy atom. The van der Waals surface area contributed by atoms with Gasteiger partial charge in [-0.15, -0.1) is 0 Å². The largest absolute Gasteiger partial charge is 0.481 e. The molecular formula is C13H12BrF2NO3. The maximum Gasteiger partial charge on any atom is 0.311 e. The molecule has 0 aliphatic carbocycles. The van der Waals surface area contributed by atoms with E-state index in [2.05, 4.69) is 15.9 Å². The van der Waals surface area contributed by atoms with E-state index in [9.17, 15) is 18.4 Å². The van der Waals surface area contributed by atoms with Crippen LogP contribution in [0.5, 0.6) is 0 Å². The van der Waals surface area contributed by atoms with Crippen LogP contribution < -0.4 is 0 Å². The van der Waals surface area contributed by atoms with Crippen LogP contribution in [0.15, 0.2) is 16.6 Å². The summed E-state index contributed by atoms with van der Waals surface area (Å²) in [7, 11) is 0. The Hall–Kier alpha value is -1.50. The maximum atomic E-state index is 13.2. The first-order valence-electron chi connectivity index (χ1n) is 5.92. The van der Waals surface area contributed by atoms with Gasteiger partial charge in [0.1, 0.15) is 0 Å². The molecule has 0 saturated carbocycles. The van der Waals surface area contributed by atoms with Crippen LogP contribution >= 0.6 is 15.9 Å². The SMILES string of the molecule is CC1(C(=O)O)CCN(C(=O)c2cc(F)c(F)cc2Br)C1. The van der Waals surface area contributed by atoms with E-state index in [-0.39, 0.29) is 23.1 Å². The summed E-state index contributed by atoms with van der Waals surface area (Å²) in [6, 6.07) is 1.70. The number of likely N-dealkylation sites (tertiary alicyclic amines) is 1. The third kappa shape index (κ3) is 2.54. The zero-order valence-electron chi connectivity index (χ0n) is 10.6. The van der Waals surface area contributed by atoms with Crippen LogP contribution in [0.4, 0.5) is 8.78 Å². The quantitative estimate of drug-likeness (QED) is 0.836. The third-order valence-corrected chi connectivity index (χ3v) is 4.17. The number of hydrogen-bond donors (Lipinski definition) is 1. The molecule has 0 radical (unpaired) electrons. The highest BCUT2D eigenvalue weighted by Gasteiger charge is 2.42. The van der Waals surface area contributed by atoms with Crippen LogP contribution in [0.25, 0.3) is 0 Å². The van der Waals surface area contributed by atoms with Crippen molar-refractivity contribution >= 4 is 27.8 Å². The lowest BCUT2D eigenvalue weighted by Gasteiger charge is -2.20. The molecule has 1 aromatic carbocycles. The summed E-state index contributed by atoms with van der Waals surface area (Å²) >= 11 is 3.02. The number of rotatable bonds is 2. The van der Waals surface area contributed by atoms with Gasteiger partial charge in [-0.25, -0.2) is 8.78 Å². The van der Waals surface area contributed by atoms with Crippen LogP contribution in [-0.4, -0.2) is 35.0 Å². The summed E-state index contributed by atoms with van der Waals surface area (Å²) in [5.41, 5.74) is -1.01. The smallest absolute Gasteiger partial charge is 0.311 e. The summed E-state index contributed by atoms with van der Waals surface area (Å²) in [5.74, 6) is -3.65. The van der Waals surface area contributed by atoms with Crippen molar-refractivity contribution < 1.29 is 23.5 Å². The van der Waals surface area contributed by atoms with Gasteiger partial charge in [0.15, 0.2) is 11.6 Å². The molecule has 1 aliphatic heterocycles. The van der Waals surface area contributed by atoms with Gasteiger partial charge in [0, 0.05) is 17.6 Å². The lowest BCUT2D eigenvalue weighted by Crippen LogP contribution is -2.35. The molecule has 20 heavy (non-hydrogen) atoms. The second-order valence-corrected chi connectivity index (χ2v) is 5.94. The van der Waals surface area contributed by atoms with Crippen molar-refractivity contribution in [2.45, 2.75) is 13.3 Å². The monoisotopic (exact) mass is 347 g/mol. The number of nitrogens with zero attached hydrogens (tertiary/aromatic N) is 1. The predicted octanol–water partition coefficient (Wildman–Crippen LogP) is 2.66. The zero-order chi connectivity index (χ0) is 15.1. The Kier molecular flexibility index (Phi) is 3.82. The second kappa shape index (κ2) is 5.12. The van der Waals surface area contributed by atoms with Gasteiger partial charge < -0.3 is 10.0 Å². The zero-order valence-corrected chi connectivity index (χ0v) is 12.2. The average Bonchev–Trinajstić information content (AvgIpc) is 2.77. The molecule has 1 aromatic rings. The molecular weight excluding hydrogens is 336 g/mol. The number of halogens is 3. The fraction of sp³-hybridized carbons (Fsp3) is 0.385. The van der Waals surface area contributed by atoms with Crippen LogP contribution in [0, 0.1) is 17.0 Å². The Labute approximate surface area is 122 Å². The fourth-order valence-corrected chi connectivity index (χ4v) is 2.65. The minimum absolute atomic E-state index is 0.0152. The first-order chi connectivity index (χ1) is 9.24. The number of aliphatic carboxylic acids is 1. The molecule has 7 heteroatoms. The van der Waals surface area contributed by atoms with Crippen molar-refractivity contribution in [2.24, 2.45) is 5.41 Å². The number of carbonyl (C=O) groups is 2. The molecule has 2 rings (SSSR count). The molecule has 1 unspecified atom stereocenters. The highest BCUT2D eigenvalue weighted by Crippen LogP contribution is 2.32. The third-order valence-electron chi connectivity index (χ3n) is 3.52. The lowest BCUT2D eigenvalue weighted by atomic mass is 9.90. The second-order valence-electron chi connectivity index (χ2n) is 5.09. The van der Waals surface area contributed by atoms with Crippen molar-refractivity contribution in [3.05, 3.63) is 33.8 Å². The topological polar surface area (TPSA) is 57.6 Å². The minimum Gasteiger partial charge on any atom is -0.481 e. The number of benzene rings is 1. The van der Waals surface area contributed by atoms with E-state index in [1.165, 1.54) is 4.90 Å². The maximum absolute atomic E-state index is 13.2. The molecule has 1 N–H and O–H groups in total. The van der Waals surface area contributed by atoms with Gasteiger partial charge in [0.25, 0.3) is 5.91 Å². The molecule has 1 atom stereocenters. The van der Waals surface area contributed by atoms with Crippen LogP contribution in [0.3, 0.4) is 0 Å². The van der Waals surface area contributed by atoms with Gasteiger partial charge in [-0.2, -0.15) is 0 Å². The lowest BCUT2D eigenvalue weighted by molar-refractivity contribution is -0.147. The van der Waals surface area contributed by atoms with Crippen molar-refractivity contribution in [1.29, 1.82) is 0 Å². The van der Waals surface area contributed by atoms with Crippen molar-refractivity contribution in [2.75, 3.05) is 13.1 Å². The van der Waals surface area contributed by atoms with Crippen LogP contribution in [0.2, 0.25) is 0 Å². The Bertz CT molecular complexity index is 593. The van der Waals surface area contributed by atoms with E-state index in [1.54, 1.807) is 6.92 Å². The van der Waals surface area contributed by atoms with Gasteiger partial charge in [-0.1, -0.05) is 0 Å². The Balaban J connectivity index is 2.26. The van der Waals surface area contributed by atoms with E-state index in [4.69, 9.17) is 5.11 Å². The molecule has 0 bridgehead atoms. The number of carboxylic acids is 1. The first-order valence-corrected chi connectivity index (χ1v) is 6.71. The molecule has 0 spiro atoms. The number of amides is 1. The average molecular weight is 348 g/mol. The van der Waals surface area contributed by atoms with E-state index in [0.29, 0.717) is 6.42 Å². The molecule has 0 aromatic heterocycles. The van der Waals surface area contributed by atoms with Gasteiger partial charge >= 0.3 is 5.97 Å². The normalized spacial score (nSPS) is 22.1. The summed E-state index contributed by atoms with van der Waals surface area (Å²) in [6.07, 6.45) is 0.329. The van der Waals surface area contributed by atoms with Gasteiger partial charge in [0.05, 0.1) is 11.0 Å². The number of hydrogen-bond acceptors (Lipinski definition) is 2. The predicted molar refractivity (Wildman–Crippen MR) is 70.3 cm³/mol. The highest BCUT2D eigenvalue weighted by atomic mass is 79.9. The molecule has 1 amide bonds. The fourth-order valence-electron chi connectivity index (χ4n) is 2.17.